The van der Waals surface area contributed by atoms with E-state index in [0.29, 0.717) is 0 Å². The molecule has 34 heavy (non-hydrogen) atoms. The van der Waals surface area contributed by atoms with Gasteiger partial charge in [-0.3, -0.25) is 4.40 Å². The van der Waals surface area contributed by atoms with E-state index in [9.17, 15) is 4.57 Å². The molecule has 0 bridgehead atoms. The zero-order valence-electron chi connectivity index (χ0n) is 18.6. The summed E-state index contributed by atoms with van der Waals surface area (Å²) in [6.45, 7) is 1.87. The SMILES string of the molecule is CP(=O)(c1ccccc1)c1ccc2c(c1)c1ccccc1c1nc3ccc4ccccc4c3n21. The molecular formula is C30H21N2OP. The molecule has 0 saturated heterocycles. The molecule has 162 valence electrons. The molecule has 7 rings (SSSR count). The Balaban J connectivity index is 1.67. The minimum Gasteiger partial charge on any atom is -0.314 e. The Morgan fingerprint density at radius 1 is 0.647 bits per heavy atom. The first-order valence-electron chi connectivity index (χ1n) is 11.4. The van der Waals surface area contributed by atoms with Gasteiger partial charge in [-0.05, 0) is 41.7 Å². The van der Waals surface area contributed by atoms with Gasteiger partial charge in [0.25, 0.3) is 0 Å². The van der Waals surface area contributed by atoms with E-state index in [1.54, 1.807) is 0 Å². The zero-order chi connectivity index (χ0) is 22.9. The van der Waals surface area contributed by atoms with Crippen LogP contribution in [0.15, 0.2) is 109 Å². The quantitative estimate of drug-likeness (QED) is 0.210. The van der Waals surface area contributed by atoms with Crippen molar-refractivity contribution < 1.29 is 4.57 Å². The van der Waals surface area contributed by atoms with E-state index < -0.39 is 7.14 Å². The number of aromatic nitrogens is 2. The largest absolute Gasteiger partial charge is 0.314 e. The van der Waals surface area contributed by atoms with Gasteiger partial charge in [0.1, 0.15) is 12.8 Å². The van der Waals surface area contributed by atoms with E-state index in [-0.39, 0.29) is 0 Å². The molecule has 0 spiro atoms. The fourth-order valence-electron chi connectivity index (χ4n) is 5.23. The minimum atomic E-state index is -2.74. The lowest BCUT2D eigenvalue weighted by atomic mass is 10.1. The Morgan fingerprint density at radius 2 is 1.35 bits per heavy atom. The van der Waals surface area contributed by atoms with Crippen molar-refractivity contribution in [2.45, 2.75) is 0 Å². The van der Waals surface area contributed by atoms with Gasteiger partial charge in [-0.25, -0.2) is 4.98 Å². The first kappa shape index (κ1) is 19.5. The summed E-state index contributed by atoms with van der Waals surface area (Å²) in [5, 5.41) is 7.42. The first-order valence-corrected chi connectivity index (χ1v) is 13.6. The number of benzene rings is 5. The molecule has 3 nitrogen and oxygen atoms in total. The lowest BCUT2D eigenvalue weighted by molar-refractivity contribution is 0.590. The molecule has 0 amide bonds. The third-order valence-electron chi connectivity index (χ3n) is 6.96. The van der Waals surface area contributed by atoms with Gasteiger partial charge in [-0.15, -0.1) is 0 Å². The van der Waals surface area contributed by atoms with Gasteiger partial charge in [0.05, 0.1) is 16.6 Å². The van der Waals surface area contributed by atoms with Crippen molar-refractivity contribution in [1.82, 2.24) is 9.38 Å². The van der Waals surface area contributed by atoms with Gasteiger partial charge in [-0.2, -0.15) is 0 Å². The van der Waals surface area contributed by atoms with Gasteiger partial charge < -0.3 is 4.57 Å². The molecule has 2 heterocycles. The second-order valence-corrected chi connectivity index (χ2v) is 11.8. The normalized spacial score (nSPS) is 13.8. The zero-order valence-corrected chi connectivity index (χ0v) is 19.5. The fraction of sp³-hybridized carbons (Fsp3) is 0.0333. The highest BCUT2D eigenvalue weighted by molar-refractivity contribution is 7.78. The van der Waals surface area contributed by atoms with E-state index in [1.165, 1.54) is 10.8 Å². The highest BCUT2D eigenvalue weighted by Crippen LogP contribution is 2.41. The molecule has 5 aromatic carbocycles. The molecule has 7 aromatic rings. The number of rotatable bonds is 2. The van der Waals surface area contributed by atoms with E-state index in [0.717, 1.165) is 49.0 Å². The number of nitrogens with zero attached hydrogens (tertiary/aromatic N) is 2. The molecule has 4 heteroatoms. The summed E-state index contributed by atoms with van der Waals surface area (Å²) in [5.41, 5.74) is 4.11. The summed E-state index contributed by atoms with van der Waals surface area (Å²) in [6, 6.07) is 37.2. The summed E-state index contributed by atoms with van der Waals surface area (Å²) < 4.78 is 16.3. The van der Waals surface area contributed by atoms with Crippen LogP contribution in [0.4, 0.5) is 0 Å². The lowest BCUT2D eigenvalue weighted by Crippen LogP contribution is -2.15. The molecule has 1 unspecified atom stereocenters. The summed E-state index contributed by atoms with van der Waals surface area (Å²) in [6.07, 6.45) is 0. The van der Waals surface area contributed by atoms with Crippen LogP contribution in [0, 0.1) is 0 Å². The summed E-state index contributed by atoms with van der Waals surface area (Å²) in [4.78, 5) is 5.07. The van der Waals surface area contributed by atoms with Gasteiger partial charge in [0, 0.05) is 26.8 Å². The van der Waals surface area contributed by atoms with Crippen molar-refractivity contribution in [2.24, 2.45) is 0 Å². The maximum absolute atomic E-state index is 14.0. The maximum Gasteiger partial charge on any atom is 0.146 e. The first-order chi connectivity index (χ1) is 16.6. The number of hydrogen-bond acceptors (Lipinski definition) is 2. The number of hydrogen-bond donors (Lipinski definition) is 0. The van der Waals surface area contributed by atoms with E-state index in [4.69, 9.17) is 4.98 Å². The van der Waals surface area contributed by atoms with Gasteiger partial charge in [-0.1, -0.05) is 84.9 Å². The van der Waals surface area contributed by atoms with Crippen LogP contribution < -0.4 is 10.6 Å². The smallest absolute Gasteiger partial charge is 0.146 e. The molecule has 2 aromatic heterocycles. The van der Waals surface area contributed by atoms with E-state index >= 15 is 0 Å². The Hall–Kier alpha value is -3.94. The van der Waals surface area contributed by atoms with E-state index in [2.05, 4.69) is 77.2 Å². The van der Waals surface area contributed by atoms with Crippen LogP contribution in [0.25, 0.3) is 49.1 Å². The average Bonchev–Trinajstić information content (AvgIpc) is 3.30. The third-order valence-corrected chi connectivity index (χ3v) is 9.51. The molecule has 0 saturated carbocycles. The second-order valence-electron chi connectivity index (χ2n) is 8.93. The van der Waals surface area contributed by atoms with Gasteiger partial charge in [0.15, 0.2) is 0 Å². The predicted octanol–water partition coefficient (Wildman–Crippen LogP) is 6.89. The molecule has 0 aliphatic carbocycles. The van der Waals surface area contributed by atoms with Crippen molar-refractivity contribution >= 4 is 66.9 Å². The van der Waals surface area contributed by atoms with Crippen LogP contribution in [0.2, 0.25) is 0 Å². The molecule has 0 aliphatic heterocycles. The number of fused-ring (bicyclic) bond motifs is 10. The van der Waals surface area contributed by atoms with E-state index in [1.807, 2.05) is 43.1 Å². The molecule has 0 N–H and O–H groups in total. The van der Waals surface area contributed by atoms with Crippen LogP contribution in [-0.2, 0) is 4.57 Å². The van der Waals surface area contributed by atoms with Crippen LogP contribution in [0.3, 0.4) is 0 Å². The number of imidazole rings is 1. The Kier molecular flexibility index (Phi) is 4.04. The topological polar surface area (TPSA) is 34.4 Å². The highest BCUT2D eigenvalue weighted by Gasteiger charge is 2.23. The summed E-state index contributed by atoms with van der Waals surface area (Å²) >= 11 is 0. The molecule has 0 fully saturated rings. The Bertz CT molecular complexity index is 1950. The lowest BCUT2D eigenvalue weighted by Gasteiger charge is -2.16. The van der Waals surface area contributed by atoms with Crippen LogP contribution in [-0.4, -0.2) is 16.0 Å². The average molecular weight is 456 g/mol. The van der Waals surface area contributed by atoms with Crippen molar-refractivity contribution in [1.29, 1.82) is 0 Å². The fourth-order valence-corrected chi connectivity index (χ4v) is 7.00. The Morgan fingerprint density at radius 3 is 2.18 bits per heavy atom. The summed E-state index contributed by atoms with van der Waals surface area (Å²) in [7, 11) is -2.74. The monoisotopic (exact) mass is 456 g/mol. The molecule has 0 radical (unpaired) electrons. The highest BCUT2D eigenvalue weighted by atomic mass is 31.2. The van der Waals surface area contributed by atoms with Crippen LogP contribution in [0.5, 0.6) is 0 Å². The van der Waals surface area contributed by atoms with Crippen LogP contribution >= 0.6 is 7.14 Å². The van der Waals surface area contributed by atoms with Crippen LogP contribution in [0.1, 0.15) is 0 Å². The second kappa shape index (κ2) is 7.03. The standard InChI is InChI=1S/C30H21N2OP/c1-34(33,21-10-3-2-4-11-21)22-16-18-28-26(19-22)24-13-7-8-14-25(24)30-31-27-17-15-20-9-5-6-12-23(20)29(27)32(28)30/h2-19H,1H3. The van der Waals surface area contributed by atoms with Crippen molar-refractivity contribution in [3.63, 3.8) is 0 Å². The minimum absolute atomic E-state index is 0.866. The third kappa shape index (κ3) is 2.65. The van der Waals surface area contributed by atoms with Crippen molar-refractivity contribution in [3.05, 3.63) is 109 Å². The number of pyridine rings is 1. The predicted molar refractivity (Wildman–Crippen MR) is 144 cm³/mol. The summed E-state index contributed by atoms with van der Waals surface area (Å²) in [5.74, 6) is 0. The van der Waals surface area contributed by atoms with Crippen molar-refractivity contribution in [3.8, 4) is 0 Å². The molecule has 0 aliphatic rings. The molecule has 1 atom stereocenters. The maximum atomic E-state index is 14.0. The van der Waals surface area contributed by atoms with Crippen molar-refractivity contribution in [2.75, 3.05) is 6.66 Å². The van der Waals surface area contributed by atoms with Gasteiger partial charge in [0.2, 0.25) is 0 Å². The Labute approximate surface area is 196 Å². The molecular weight excluding hydrogens is 435 g/mol. The van der Waals surface area contributed by atoms with Gasteiger partial charge >= 0.3 is 0 Å².